The molecule has 0 unspecified atom stereocenters. The third-order valence-corrected chi connectivity index (χ3v) is 8.22. The Kier molecular flexibility index (Phi) is 7.62. The van der Waals surface area contributed by atoms with Gasteiger partial charge in [-0.05, 0) is 80.5 Å². The van der Waals surface area contributed by atoms with Gasteiger partial charge in [-0.15, -0.1) is 0 Å². The van der Waals surface area contributed by atoms with E-state index in [2.05, 4.69) is 32.2 Å². The number of benzene rings is 2. The molecule has 4 aromatic rings. The second-order valence-electron chi connectivity index (χ2n) is 10.7. The van der Waals surface area contributed by atoms with Gasteiger partial charge in [0, 0.05) is 60.9 Å². The molecule has 0 radical (unpaired) electrons. The fourth-order valence-corrected chi connectivity index (χ4v) is 5.89. The summed E-state index contributed by atoms with van der Waals surface area (Å²) in [6, 6.07) is 16.1. The number of nitrogens with one attached hydrogen (secondary N) is 1. The number of rotatable bonds is 6. The Morgan fingerprint density at radius 3 is 2.49 bits per heavy atom. The SMILES string of the molecule is Cc1nc(NC2CCN(Cc3ccc(Cl)cc3)CC2)nc2ccc(-c3ccnc(N4CCCCC4)c3F)cc12. The van der Waals surface area contributed by atoms with E-state index in [1.807, 2.05) is 37.3 Å². The van der Waals surface area contributed by atoms with Crippen LogP contribution in [0.15, 0.2) is 54.7 Å². The summed E-state index contributed by atoms with van der Waals surface area (Å²) in [7, 11) is 0. The van der Waals surface area contributed by atoms with Crippen LogP contribution >= 0.6 is 11.6 Å². The Morgan fingerprint density at radius 2 is 1.72 bits per heavy atom. The number of aryl methyl sites for hydroxylation is 1. The summed E-state index contributed by atoms with van der Waals surface area (Å²) in [5.74, 6) is 0.864. The Hall–Kier alpha value is -3.29. The highest BCUT2D eigenvalue weighted by Gasteiger charge is 2.22. The second kappa shape index (κ2) is 11.4. The maximum atomic E-state index is 15.6. The van der Waals surface area contributed by atoms with Gasteiger partial charge in [0.1, 0.15) is 0 Å². The molecule has 0 bridgehead atoms. The van der Waals surface area contributed by atoms with Gasteiger partial charge in [0.15, 0.2) is 11.6 Å². The summed E-state index contributed by atoms with van der Waals surface area (Å²) in [6.07, 6.45) is 7.14. The number of halogens is 2. The minimum atomic E-state index is -0.252. The molecule has 6 rings (SSSR count). The minimum absolute atomic E-state index is 0.252. The lowest BCUT2D eigenvalue weighted by Gasteiger charge is -2.32. The third-order valence-electron chi connectivity index (χ3n) is 7.96. The van der Waals surface area contributed by atoms with Crippen LogP contribution in [0, 0.1) is 12.7 Å². The molecule has 8 heteroatoms. The molecular weight excluding hydrogens is 511 g/mol. The number of anilines is 2. The van der Waals surface area contributed by atoms with E-state index < -0.39 is 0 Å². The van der Waals surface area contributed by atoms with Crippen LogP contribution in [0.2, 0.25) is 5.02 Å². The van der Waals surface area contributed by atoms with Gasteiger partial charge in [0.2, 0.25) is 5.95 Å². The van der Waals surface area contributed by atoms with Gasteiger partial charge in [-0.2, -0.15) is 0 Å². The van der Waals surface area contributed by atoms with Crippen LogP contribution in [0.25, 0.3) is 22.0 Å². The normalized spacial score (nSPS) is 17.1. The highest BCUT2D eigenvalue weighted by molar-refractivity contribution is 6.30. The second-order valence-corrected chi connectivity index (χ2v) is 11.2. The number of fused-ring (bicyclic) bond motifs is 1. The molecule has 202 valence electrons. The number of hydrogen-bond donors (Lipinski definition) is 1. The first kappa shape index (κ1) is 26.0. The maximum absolute atomic E-state index is 15.6. The number of nitrogens with zero attached hydrogens (tertiary/aromatic N) is 5. The fourth-order valence-electron chi connectivity index (χ4n) is 5.76. The van der Waals surface area contributed by atoms with E-state index in [1.165, 1.54) is 12.0 Å². The number of likely N-dealkylation sites (tertiary alicyclic amines) is 1. The molecule has 2 aromatic carbocycles. The molecule has 39 heavy (non-hydrogen) atoms. The van der Waals surface area contributed by atoms with Crippen LogP contribution in [-0.2, 0) is 6.54 Å². The van der Waals surface area contributed by atoms with Gasteiger partial charge in [0.25, 0.3) is 0 Å². The molecule has 0 spiro atoms. The molecule has 1 N–H and O–H groups in total. The first-order valence-corrected chi connectivity index (χ1v) is 14.3. The zero-order chi connectivity index (χ0) is 26.8. The minimum Gasteiger partial charge on any atom is -0.354 e. The first-order chi connectivity index (χ1) is 19.0. The Morgan fingerprint density at radius 1 is 0.949 bits per heavy atom. The Labute approximate surface area is 234 Å². The van der Waals surface area contributed by atoms with Crippen molar-refractivity contribution >= 4 is 34.3 Å². The molecule has 0 amide bonds. The molecule has 2 saturated heterocycles. The first-order valence-electron chi connectivity index (χ1n) is 13.9. The van der Waals surface area contributed by atoms with E-state index in [0.717, 1.165) is 85.6 Å². The van der Waals surface area contributed by atoms with Crippen molar-refractivity contribution in [1.29, 1.82) is 0 Å². The molecule has 2 aliphatic heterocycles. The largest absolute Gasteiger partial charge is 0.354 e. The Bertz CT molecular complexity index is 1450. The molecule has 4 heterocycles. The zero-order valence-electron chi connectivity index (χ0n) is 22.3. The van der Waals surface area contributed by atoms with Crippen molar-refractivity contribution in [3.63, 3.8) is 0 Å². The van der Waals surface area contributed by atoms with E-state index in [4.69, 9.17) is 21.6 Å². The van der Waals surface area contributed by atoms with Gasteiger partial charge in [-0.1, -0.05) is 29.8 Å². The molecule has 0 saturated carbocycles. The summed E-state index contributed by atoms with van der Waals surface area (Å²) >= 11 is 6.02. The summed E-state index contributed by atoms with van der Waals surface area (Å²) in [6.45, 7) is 6.69. The molecule has 0 aliphatic carbocycles. The summed E-state index contributed by atoms with van der Waals surface area (Å²) in [4.78, 5) is 18.5. The van der Waals surface area contributed by atoms with Crippen molar-refractivity contribution in [2.75, 3.05) is 36.4 Å². The number of aromatic nitrogens is 3. The monoisotopic (exact) mass is 544 g/mol. The number of pyridine rings is 1. The third kappa shape index (κ3) is 5.85. The predicted octanol–water partition coefficient (Wildman–Crippen LogP) is 6.86. The lowest BCUT2D eigenvalue weighted by Crippen LogP contribution is -2.39. The van der Waals surface area contributed by atoms with Crippen molar-refractivity contribution < 1.29 is 4.39 Å². The maximum Gasteiger partial charge on any atom is 0.223 e. The quantitative estimate of drug-likeness (QED) is 0.286. The summed E-state index contributed by atoms with van der Waals surface area (Å²) < 4.78 is 15.6. The highest BCUT2D eigenvalue weighted by atomic mass is 35.5. The smallest absolute Gasteiger partial charge is 0.223 e. The van der Waals surface area contributed by atoms with Crippen LogP contribution in [0.5, 0.6) is 0 Å². The number of hydrogen-bond acceptors (Lipinski definition) is 6. The lowest BCUT2D eigenvalue weighted by molar-refractivity contribution is 0.211. The van der Waals surface area contributed by atoms with Gasteiger partial charge >= 0.3 is 0 Å². The van der Waals surface area contributed by atoms with Crippen molar-refractivity contribution in [3.05, 3.63) is 76.8 Å². The molecule has 0 atom stereocenters. The van der Waals surface area contributed by atoms with Crippen molar-refractivity contribution in [2.24, 2.45) is 0 Å². The van der Waals surface area contributed by atoms with Crippen LogP contribution in [-0.4, -0.2) is 52.1 Å². The van der Waals surface area contributed by atoms with Crippen LogP contribution in [0.1, 0.15) is 43.4 Å². The van der Waals surface area contributed by atoms with Gasteiger partial charge in [-0.25, -0.2) is 19.3 Å². The summed E-state index contributed by atoms with van der Waals surface area (Å²) in [5, 5.41) is 5.27. The predicted molar refractivity (Wildman–Crippen MR) is 157 cm³/mol. The standard InChI is InChI=1S/C31H34ClFN6/c1-21-27-19-23(26-11-14-34-30(29(26)33)39-15-3-2-4-16-39)7-10-28(27)37-31(35-21)36-25-12-17-38(18-13-25)20-22-5-8-24(32)9-6-22/h5-11,14,19,25H,2-4,12-13,15-18,20H2,1H3,(H,35,36,37). The van der Waals surface area contributed by atoms with Crippen LogP contribution in [0.4, 0.5) is 16.2 Å². The average Bonchev–Trinajstić information content (AvgIpc) is 2.96. The van der Waals surface area contributed by atoms with E-state index in [1.54, 1.807) is 12.3 Å². The molecule has 6 nitrogen and oxygen atoms in total. The molecular formula is C31H34ClFN6. The van der Waals surface area contributed by atoms with E-state index in [9.17, 15) is 0 Å². The van der Waals surface area contributed by atoms with Crippen LogP contribution in [0.3, 0.4) is 0 Å². The van der Waals surface area contributed by atoms with Crippen molar-refractivity contribution in [3.8, 4) is 11.1 Å². The molecule has 2 aliphatic rings. The highest BCUT2D eigenvalue weighted by Crippen LogP contribution is 2.32. The fraction of sp³-hybridized carbons (Fsp3) is 0.387. The van der Waals surface area contributed by atoms with Gasteiger partial charge in [0.05, 0.1) is 11.2 Å². The lowest BCUT2D eigenvalue weighted by atomic mass is 10.0. The van der Waals surface area contributed by atoms with E-state index in [-0.39, 0.29) is 5.82 Å². The average molecular weight is 545 g/mol. The Balaban J connectivity index is 1.14. The van der Waals surface area contributed by atoms with Crippen LogP contribution < -0.4 is 10.2 Å². The van der Waals surface area contributed by atoms with E-state index >= 15 is 4.39 Å². The zero-order valence-corrected chi connectivity index (χ0v) is 23.1. The van der Waals surface area contributed by atoms with E-state index in [0.29, 0.717) is 23.4 Å². The molecule has 2 aromatic heterocycles. The van der Waals surface area contributed by atoms with Crippen molar-refractivity contribution in [1.82, 2.24) is 19.9 Å². The van der Waals surface area contributed by atoms with Gasteiger partial charge < -0.3 is 10.2 Å². The van der Waals surface area contributed by atoms with Gasteiger partial charge in [-0.3, -0.25) is 4.90 Å². The topological polar surface area (TPSA) is 57.2 Å². The van der Waals surface area contributed by atoms with Crippen molar-refractivity contribution in [2.45, 2.75) is 51.6 Å². The number of piperidine rings is 2. The molecule has 2 fully saturated rings. The summed E-state index contributed by atoms with van der Waals surface area (Å²) in [5.41, 5.74) is 4.42.